The summed E-state index contributed by atoms with van der Waals surface area (Å²) in [6.07, 6.45) is 5.47. The van der Waals surface area contributed by atoms with Gasteiger partial charge in [-0.1, -0.05) is 48.4 Å². The zero-order chi connectivity index (χ0) is 25.8. The Morgan fingerprint density at radius 2 is 1.74 bits per heavy atom. The molecule has 182 valence electrons. The van der Waals surface area contributed by atoms with Gasteiger partial charge in [0.25, 0.3) is 5.91 Å². The van der Waals surface area contributed by atoms with Crippen LogP contribution in [-0.4, -0.2) is 28.5 Å². The Hall–Kier alpha value is -3.64. The highest BCUT2D eigenvalue weighted by molar-refractivity contribution is 8.00. The van der Waals surface area contributed by atoms with Crippen LogP contribution < -0.4 is 10.1 Å². The van der Waals surface area contributed by atoms with E-state index in [0.29, 0.717) is 10.9 Å². The fraction of sp³-hybridized carbons (Fsp3) is 0.231. The van der Waals surface area contributed by atoms with Crippen molar-refractivity contribution < 1.29 is 32.6 Å². The van der Waals surface area contributed by atoms with Crippen LogP contribution in [0.15, 0.2) is 65.6 Å². The van der Waals surface area contributed by atoms with Gasteiger partial charge in [0.1, 0.15) is 18.4 Å². The molecule has 0 heterocycles. The minimum absolute atomic E-state index is 0.0243. The number of hydrogen-bond acceptors (Lipinski definition) is 4. The normalized spacial score (nSPS) is 12.6. The number of terminal acetylenes is 1. The average Bonchev–Trinajstić information content (AvgIpc) is 2.80. The van der Waals surface area contributed by atoms with Crippen LogP contribution in [0.1, 0.15) is 29.8 Å². The number of aliphatic carboxylic acids is 1. The van der Waals surface area contributed by atoms with Crippen molar-refractivity contribution in [3.63, 3.8) is 0 Å². The Balaban J connectivity index is 1.91. The Morgan fingerprint density at radius 3 is 2.34 bits per heavy atom. The third-order valence-electron chi connectivity index (χ3n) is 5.28. The van der Waals surface area contributed by atoms with Crippen molar-refractivity contribution in [3.05, 3.63) is 71.8 Å². The number of carbonyl (C=O) groups excluding carboxylic acids is 1. The molecule has 1 atom stereocenters. The van der Waals surface area contributed by atoms with Gasteiger partial charge >= 0.3 is 11.5 Å². The number of carbonyl (C=O) groups is 2. The molecule has 3 aromatic rings. The molecular formula is C26H22F3NO4S. The first-order valence-electron chi connectivity index (χ1n) is 10.4. The van der Waals surface area contributed by atoms with E-state index in [1.165, 1.54) is 44.2 Å². The molecule has 1 amide bonds. The second-order valence-electron chi connectivity index (χ2n) is 8.25. The lowest BCUT2D eigenvalue weighted by atomic mass is 9.85. The van der Waals surface area contributed by atoms with Gasteiger partial charge < -0.3 is 15.2 Å². The van der Waals surface area contributed by atoms with Gasteiger partial charge in [-0.2, -0.15) is 13.2 Å². The number of halogens is 3. The number of carboxylic acids is 1. The molecule has 0 saturated carbocycles. The van der Waals surface area contributed by atoms with Gasteiger partial charge in [-0.05, 0) is 54.8 Å². The van der Waals surface area contributed by atoms with E-state index in [0.717, 1.165) is 5.39 Å². The van der Waals surface area contributed by atoms with Crippen molar-refractivity contribution in [3.8, 4) is 18.1 Å². The highest BCUT2D eigenvalue weighted by Gasteiger charge is 2.36. The third kappa shape index (κ3) is 6.49. The SMILES string of the molecule is C#CC(C)(C)C(NC(=O)c1ccc2ccccc2c1OCc1ccc(SC(F)(F)F)cc1)C(=O)O. The van der Waals surface area contributed by atoms with Gasteiger partial charge in [0.15, 0.2) is 0 Å². The lowest BCUT2D eigenvalue weighted by Crippen LogP contribution is -2.49. The van der Waals surface area contributed by atoms with Gasteiger partial charge in [0.2, 0.25) is 0 Å². The fourth-order valence-corrected chi connectivity index (χ4v) is 3.90. The Labute approximate surface area is 204 Å². The molecule has 1 unspecified atom stereocenters. The van der Waals surface area contributed by atoms with Crippen LogP contribution >= 0.6 is 11.8 Å². The van der Waals surface area contributed by atoms with Gasteiger partial charge in [0.05, 0.1) is 11.0 Å². The van der Waals surface area contributed by atoms with E-state index in [1.807, 2.05) is 12.1 Å². The van der Waals surface area contributed by atoms with E-state index in [4.69, 9.17) is 11.2 Å². The molecule has 2 N–H and O–H groups in total. The summed E-state index contributed by atoms with van der Waals surface area (Å²) in [6, 6.07) is 14.8. The Kier molecular flexibility index (Phi) is 7.66. The average molecular weight is 502 g/mol. The van der Waals surface area contributed by atoms with Crippen molar-refractivity contribution in [2.24, 2.45) is 5.41 Å². The highest BCUT2D eigenvalue weighted by Crippen LogP contribution is 2.37. The number of rotatable bonds is 8. The topological polar surface area (TPSA) is 75.6 Å². The first kappa shape index (κ1) is 26.0. The second-order valence-corrected chi connectivity index (χ2v) is 9.39. The summed E-state index contributed by atoms with van der Waals surface area (Å²) >= 11 is -0.212. The van der Waals surface area contributed by atoms with Crippen LogP contribution in [0.5, 0.6) is 5.75 Å². The molecule has 0 aliphatic heterocycles. The quantitative estimate of drug-likeness (QED) is 0.298. The van der Waals surface area contributed by atoms with Crippen LogP contribution in [0, 0.1) is 17.8 Å². The third-order valence-corrected chi connectivity index (χ3v) is 6.02. The number of benzene rings is 3. The molecule has 9 heteroatoms. The van der Waals surface area contributed by atoms with Crippen molar-refractivity contribution in [1.82, 2.24) is 5.32 Å². The minimum Gasteiger partial charge on any atom is -0.487 e. The molecule has 0 saturated heterocycles. The number of fused-ring (bicyclic) bond motifs is 1. The zero-order valence-corrected chi connectivity index (χ0v) is 19.7. The van der Waals surface area contributed by atoms with Crippen LogP contribution in [0.25, 0.3) is 10.8 Å². The number of ether oxygens (including phenoxy) is 1. The molecule has 3 rings (SSSR count). The molecule has 0 spiro atoms. The molecule has 0 fully saturated rings. The number of alkyl halides is 3. The van der Waals surface area contributed by atoms with Gasteiger partial charge in [0, 0.05) is 10.3 Å². The molecule has 5 nitrogen and oxygen atoms in total. The summed E-state index contributed by atoms with van der Waals surface area (Å²) in [5, 5.41) is 13.5. The van der Waals surface area contributed by atoms with E-state index >= 15 is 0 Å². The summed E-state index contributed by atoms with van der Waals surface area (Å²) in [4.78, 5) is 25.0. The largest absolute Gasteiger partial charge is 0.487 e. The maximum Gasteiger partial charge on any atom is 0.446 e. The van der Waals surface area contributed by atoms with Crippen molar-refractivity contribution in [1.29, 1.82) is 0 Å². The van der Waals surface area contributed by atoms with E-state index in [-0.39, 0.29) is 34.6 Å². The lowest BCUT2D eigenvalue weighted by molar-refractivity contribution is -0.141. The van der Waals surface area contributed by atoms with Crippen LogP contribution in [0.2, 0.25) is 0 Å². The number of thioether (sulfide) groups is 1. The van der Waals surface area contributed by atoms with E-state index < -0.39 is 28.8 Å². The summed E-state index contributed by atoms with van der Waals surface area (Å²) in [5.41, 5.74) is -4.85. The molecule has 0 aromatic heterocycles. The van der Waals surface area contributed by atoms with Crippen molar-refractivity contribution >= 4 is 34.4 Å². The highest BCUT2D eigenvalue weighted by atomic mass is 32.2. The van der Waals surface area contributed by atoms with E-state index in [2.05, 4.69) is 11.2 Å². The number of carboxylic acid groups (broad SMARTS) is 1. The van der Waals surface area contributed by atoms with Crippen LogP contribution in [0.3, 0.4) is 0 Å². The number of nitrogens with one attached hydrogen (secondary N) is 1. The number of hydrogen-bond donors (Lipinski definition) is 2. The van der Waals surface area contributed by atoms with Crippen molar-refractivity contribution in [2.75, 3.05) is 0 Å². The standard InChI is InChI=1S/C26H22F3NO4S/c1-4-25(2,3)22(24(32)33)30-23(31)20-14-11-17-7-5-6-8-19(17)21(20)34-15-16-9-12-18(13-10-16)35-26(27,28)29/h1,5-14,22H,15H2,2-3H3,(H,30,31)(H,32,33). The molecule has 0 bridgehead atoms. The lowest BCUT2D eigenvalue weighted by Gasteiger charge is -2.27. The van der Waals surface area contributed by atoms with Crippen LogP contribution in [-0.2, 0) is 11.4 Å². The Morgan fingerprint density at radius 1 is 1.09 bits per heavy atom. The maximum atomic E-state index is 13.1. The summed E-state index contributed by atoms with van der Waals surface area (Å²) in [6.45, 7) is 3.04. The fourth-order valence-electron chi connectivity index (χ4n) is 3.36. The Bertz CT molecular complexity index is 1280. The molecular weight excluding hydrogens is 479 g/mol. The molecule has 35 heavy (non-hydrogen) atoms. The van der Waals surface area contributed by atoms with Gasteiger partial charge in [-0.25, -0.2) is 4.79 Å². The van der Waals surface area contributed by atoms with Crippen LogP contribution in [0.4, 0.5) is 13.2 Å². The first-order chi connectivity index (χ1) is 16.4. The monoisotopic (exact) mass is 501 g/mol. The van der Waals surface area contributed by atoms with Crippen molar-refractivity contribution in [2.45, 2.75) is 36.9 Å². The predicted octanol–water partition coefficient (Wildman–Crippen LogP) is 5.87. The summed E-state index contributed by atoms with van der Waals surface area (Å²) in [7, 11) is 0. The maximum absolute atomic E-state index is 13.1. The van der Waals surface area contributed by atoms with Gasteiger partial charge in [-0.15, -0.1) is 6.42 Å². The number of amides is 1. The zero-order valence-electron chi connectivity index (χ0n) is 18.8. The smallest absolute Gasteiger partial charge is 0.446 e. The summed E-state index contributed by atoms with van der Waals surface area (Å²) in [5.74, 6) is 0.651. The predicted molar refractivity (Wildman–Crippen MR) is 128 cm³/mol. The second kappa shape index (κ2) is 10.3. The van der Waals surface area contributed by atoms with E-state index in [1.54, 1.807) is 18.2 Å². The molecule has 0 radical (unpaired) electrons. The first-order valence-corrected chi connectivity index (χ1v) is 11.2. The summed E-state index contributed by atoms with van der Waals surface area (Å²) < 4.78 is 43.7. The molecule has 0 aliphatic carbocycles. The molecule has 3 aromatic carbocycles. The molecule has 0 aliphatic rings. The van der Waals surface area contributed by atoms with Gasteiger partial charge in [-0.3, -0.25) is 4.79 Å². The minimum atomic E-state index is -4.38. The van der Waals surface area contributed by atoms with E-state index in [9.17, 15) is 27.9 Å².